The minimum atomic E-state index is -0.197. The number of aryl methyl sites for hydroxylation is 1. The summed E-state index contributed by atoms with van der Waals surface area (Å²) in [5, 5.41) is 2.86. The molecule has 0 atom stereocenters. The van der Waals surface area contributed by atoms with E-state index in [1.54, 1.807) is 12.4 Å². The molecule has 0 spiro atoms. The van der Waals surface area contributed by atoms with Gasteiger partial charge < -0.3 is 10.2 Å². The van der Waals surface area contributed by atoms with Gasteiger partial charge in [0.15, 0.2) is 0 Å². The van der Waals surface area contributed by atoms with Crippen LogP contribution >= 0.6 is 0 Å². The largest absolute Gasteiger partial charge is 0.344 e. The number of hydrogen-bond acceptors (Lipinski definition) is 4. The molecule has 5 heteroatoms. The summed E-state index contributed by atoms with van der Waals surface area (Å²) in [6.07, 6.45) is 6.34. The molecule has 0 saturated carbocycles. The van der Waals surface area contributed by atoms with Crippen LogP contribution in [0.1, 0.15) is 42.6 Å². The molecule has 1 aromatic carbocycles. The lowest BCUT2D eigenvalue weighted by Crippen LogP contribution is -2.21. The third-order valence-electron chi connectivity index (χ3n) is 3.71. The Hall–Kier alpha value is -2.43. The van der Waals surface area contributed by atoms with E-state index in [2.05, 4.69) is 29.1 Å². The maximum atomic E-state index is 12.2. The molecule has 0 aliphatic rings. The fourth-order valence-electron chi connectivity index (χ4n) is 2.16. The molecule has 0 fully saturated rings. The van der Waals surface area contributed by atoms with Crippen LogP contribution in [0, 0.1) is 0 Å². The Kier molecular flexibility index (Phi) is 6.09. The van der Waals surface area contributed by atoms with Crippen LogP contribution in [0.15, 0.2) is 36.7 Å². The van der Waals surface area contributed by atoms with E-state index in [9.17, 15) is 4.79 Å². The lowest BCUT2D eigenvalue weighted by molar-refractivity contribution is 0.102. The summed E-state index contributed by atoms with van der Waals surface area (Å²) in [4.78, 5) is 22.8. The molecule has 0 aliphatic heterocycles. The molecule has 1 aromatic heterocycles. The van der Waals surface area contributed by atoms with Crippen LogP contribution in [0.5, 0.6) is 0 Å². The van der Waals surface area contributed by atoms with E-state index in [0.29, 0.717) is 11.5 Å². The van der Waals surface area contributed by atoms with Gasteiger partial charge in [0.25, 0.3) is 5.91 Å². The molecule has 5 nitrogen and oxygen atoms in total. The van der Waals surface area contributed by atoms with Crippen molar-refractivity contribution in [3.05, 3.63) is 47.8 Å². The summed E-state index contributed by atoms with van der Waals surface area (Å²) in [7, 11) is 1.96. The van der Waals surface area contributed by atoms with Crippen LogP contribution in [-0.2, 0) is 6.42 Å². The first-order chi connectivity index (χ1) is 11.1. The van der Waals surface area contributed by atoms with Crippen LogP contribution in [0.25, 0.3) is 0 Å². The number of carbonyl (C=O) groups is 1. The summed E-state index contributed by atoms with van der Waals surface area (Å²) in [5.74, 6) is 0.444. The number of benzene rings is 1. The number of aromatic nitrogens is 2. The molecule has 0 unspecified atom stereocenters. The standard InChI is InChI=1S/C18H24N4O/c1-4-6-11-22(3)18-19-12-15(13-20-18)17(23)21-16-9-7-14(5-2)8-10-16/h7-10,12-13H,4-6,11H2,1-3H3,(H,21,23). The lowest BCUT2D eigenvalue weighted by Gasteiger charge is -2.16. The van der Waals surface area contributed by atoms with E-state index in [-0.39, 0.29) is 5.91 Å². The first-order valence-electron chi connectivity index (χ1n) is 8.07. The van der Waals surface area contributed by atoms with Crippen molar-refractivity contribution in [2.75, 3.05) is 23.8 Å². The molecule has 0 radical (unpaired) electrons. The van der Waals surface area contributed by atoms with Crippen LogP contribution in [0.3, 0.4) is 0 Å². The second kappa shape index (κ2) is 8.27. The number of rotatable bonds is 7. The summed E-state index contributed by atoms with van der Waals surface area (Å²) >= 11 is 0. The fraction of sp³-hybridized carbons (Fsp3) is 0.389. The zero-order valence-corrected chi connectivity index (χ0v) is 14.0. The van der Waals surface area contributed by atoms with Gasteiger partial charge in [-0.3, -0.25) is 4.79 Å². The van der Waals surface area contributed by atoms with E-state index in [0.717, 1.165) is 31.5 Å². The van der Waals surface area contributed by atoms with Crippen molar-refractivity contribution in [3.8, 4) is 0 Å². The number of hydrogen-bond donors (Lipinski definition) is 1. The Morgan fingerprint density at radius 3 is 2.35 bits per heavy atom. The van der Waals surface area contributed by atoms with Gasteiger partial charge in [0, 0.05) is 31.7 Å². The number of anilines is 2. The van der Waals surface area contributed by atoms with Gasteiger partial charge in [-0.1, -0.05) is 32.4 Å². The predicted molar refractivity (Wildman–Crippen MR) is 94.0 cm³/mol. The van der Waals surface area contributed by atoms with Crippen molar-refractivity contribution in [1.82, 2.24) is 9.97 Å². The highest BCUT2D eigenvalue weighted by Gasteiger charge is 2.09. The number of carbonyl (C=O) groups excluding carboxylic acids is 1. The quantitative estimate of drug-likeness (QED) is 0.849. The number of nitrogens with zero attached hydrogens (tertiary/aromatic N) is 3. The SMILES string of the molecule is CCCCN(C)c1ncc(C(=O)Nc2ccc(CC)cc2)cn1. The van der Waals surface area contributed by atoms with Crippen LogP contribution in [0.2, 0.25) is 0 Å². The fourth-order valence-corrected chi connectivity index (χ4v) is 2.16. The maximum Gasteiger partial charge on any atom is 0.258 e. The highest BCUT2D eigenvalue weighted by atomic mass is 16.1. The molecule has 1 N–H and O–H groups in total. The average molecular weight is 312 g/mol. The van der Waals surface area contributed by atoms with Gasteiger partial charge in [-0.15, -0.1) is 0 Å². The maximum absolute atomic E-state index is 12.2. The third-order valence-corrected chi connectivity index (χ3v) is 3.71. The van der Waals surface area contributed by atoms with Crippen LogP contribution < -0.4 is 10.2 Å². The van der Waals surface area contributed by atoms with Gasteiger partial charge in [-0.25, -0.2) is 9.97 Å². The zero-order chi connectivity index (χ0) is 16.7. The molecule has 1 amide bonds. The van der Waals surface area contributed by atoms with E-state index in [4.69, 9.17) is 0 Å². The molecule has 1 heterocycles. The molecular formula is C18H24N4O. The van der Waals surface area contributed by atoms with Gasteiger partial charge in [0.05, 0.1) is 5.56 Å². The van der Waals surface area contributed by atoms with Crippen molar-refractivity contribution in [3.63, 3.8) is 0 Å². The molecule has 122 valence electrons. The van der Waals surface area contributed by atoms with Gasteiger partial charge in [0.2, 0.25) is 5.95 Å². The summed E-state index contributed by atoms with van der Waals surface area (Å²) in [6.45, 7) is 5.16. The Bertz CT molecular complexity index is 622. The topological polar surface area (TPSA) is 58.1 Å². The summed E-state index contributed by atoms with van der Waals surface area (Å²) in [5.41, 5.74) is 2.47. The van der Waals surface area contributed by atoms with Crippen molar-refractivity contribution in [2.24, 2.45) is 0 Å². The minimum Gasteiger partial charge on any atom is -0.344 e. The Balaban J connectivity index is 1.99. The third kappa shape index (κ3) is 4.77. The van der Waals surface area contributed by atoms with Crippen LogP contribution in [-0.4, -0.2) is 29.5 Å². The number of nitrogens with one attached hydrogen (secondary N) is 1. The average Bonchev–Trinajstić information content (AvgIpc) is 2.60. The molecular weight excluding hydrogens is 288 g/mol. The van der Waals surface area contributed by atoms with E-state index < -0.39 is 0 Å². The highest BCUT2D eigenvalue weighted by molar-refractivity contribution is 6.03. The second-order valence-corrected chi connectivity index (χ2v) is 5.55. The van der Waals surface area contributed by atoms with E-state index in [1.165, 1.54) is 5.56 Å². The molecule has 2 rings (SSSR count). The van der Waals surface area contributed by atoms with Gasteiger partial charge in [-0.05, 0) is 30.5 Å². The Morgan fingerprint density at radius 1 is 1.13 bits per heavy atom. The Morgan fingerprint density at radius 2 is 1.78 bits per heavy atom. The normalized spacial score (nSPS) is 10.4. The molecule has 23 heavy (non-hydrogen) atoms. The molecule has 2 aromatic rings. The summed E-state index contributed by atoms with van der Waals surface area (Å²) < 4.78 is 0. The van der Waals surface area contributed by atoms with Crippen molar-refractivity contribution in [1.29, 1.82) is 0 Å². The monoisotopic (exact) mass is 312 g/mol. The first kappa shape index (κ1) is 16.9. The number of unbranched alkanes of at least 4 members (excludes halogenated alkanes) is 1. The van der Waals surface area contributed by atoms with E-state index in [1.807, 2.05) is 36.2 Å². The van der Waals surface area contributed by atoms with Crippen molar-refractivity contribution in [2.45, 2.75) is 33.1 Å². The first-order valence-corrected chi connectivity index (χ1v) is 8.07. The van der Waals surface area contributed by atoms with E-state index >= 15 is 0 Å². The predicted octanol–water partition coefficient (Wildman–Crippen LogP) is 3.53. The smallest absolute Gasteiger partial charge is 0.258 e. The second-order valence-electron chi connectivity index (χ2n) is 5.55. The highest BCUT2D eigenvalue weighted by Crippen LogP contribution is 2.12. The Labute approximate surface area is 137 Å². The van der Waals surface area contributed by atoms with Crippen LogP contribution in [0.4, 0.5) is 11.6 Å². The lowest BCUT2D eigenvalue weighted by atomic mass is 10.1. The van der Waals surface area contributed by atoms with Crippen molar-refractivity contribution >= 4 is 17.5 Å². The molecule has 0 saturated heterocycles. The molecule has 0 aliphatic carbocycles. The van der Waals surface area contributed by atoms with Gasteiger partial charge in [-0.2, -0.15) is 0 Å². The number of amides is 1. The van der Waals surface area contributed by atoms with Gasteiger partial charge >= 0.3 is 0 Å². The van der Waals surface area contributed by atoms with Gasteiger partial charge in [0.1, 0.15) is 0 Å². The zero-order valence-electron chi connectivity index (χ0n) is 14.0. The molecule has 0 bridgehead atoms. The minimum absolute atomic E-state index is 0.197. The summed E-state index contributed by atoms with van der Waals surface area (Å²) in [6, 6.07) is 7.84. The van der Waals surface area contributed by atoms with Crippen molar-refractivity contribution < 1.29 is 4.79 Å².